The van der Waals surface area contributed by atoms with E-state index in [9.17, 15) is 0 Å². The van der Waals surface area contributed by atoms with E-state index in [0.29, 0.717) is 0 Å². The molecule has 0 aliphatic rings. The standard InChI is InChI=1S/C56H94P2Si8/c1-57(43-31-47(59(3,4)5)39-48(32-43)60(6,7)8,44-33-49(61(9,10)11)40-50(34-44)62(12,13)14)55-29-27-28-30-56(55)58(2,45-35-51(63(15,16)17)41-52(36-45)64(18,19)20)46-37-53(65(21,22)23)42-54(38-46)66(24,25)26/h27-42H,1-26H3/q+2. The van der Waals surface area contributed by atoms with Gasteiger partial charge in [-0.1, -0.05) is 235 Å². The highest BCUT2D eigenvalue weighted by atomic mass is 31.2. The van der Waals surface area contributed by atoms with Crippen LogP contribution in [0.1, 0.15) is 0 Å². The average Bonchev–Trinajstić information content (AvgIpc) is 3.16. The molecule has 0 radical (unpaired) electrons. The Bertz CT molecular complexity index is 2130. The Morgan fingerprint density at radius 1 is 0.227 bits per heavy atom. The van der Waals surface area contributed by atoms with Crippen LogP contribution >= 0.6 is 14.5 Å². The predicted octanol–water partition coefficient (Wildman–Crippen LogP) is 9.90. The van der Waals surface area contributed by atoms with E-state index in [4.69, 9.17) is 0 Å². The highest BCUT2D eigenvalue weighted by Gasteiger charge is 2.53. The van der Waals surface area contributed by atoms with Gasteiger partial charge in [-0.3, -0.25) is 0 Å². The van der Waals surface area contributed by atoms with Crippen molar-refractivity contribution in [3.8, 4) is 0 Å². The van der Waals surface area contributed by atoms with E-state index >= 15 is 0 Å². The third-order valence-corrected chi connectivity index (χ3v) is 38.7. The summed E-state index contributed by atoms with van der Waals surface area (Å²) in [5.74, 6) is 0. The first-order valence-corrected chi connectivity index (χ1v) is 57.5. The maximum atomic E-state index is 2.78. The van der Waals surface area contributed by atoms with E-state index < -0.39 is 79.1 Å². The molecule has 5 rings (SSSR count). The van der Waals surface area contributed by atoms with Gasteiger partial charge < -0.3 is 0 Å². The Kier molecular flexibility index (Phi) is 15.5. The van der Waals surface area contributed by atoms with Crippen molar-refractivity contribution in [1.29, 1.82) is 0 Å². The lowest BCUT2D eigenvalue weighted by Gasteiger charge is -2.34. The Morgan fingerprint density at radius 3 is 0.485 bits per heavy atom. The zero-order chi connectivity index (χ0) is 50.4. The second-order valence-corrected chi connectivity index (χ2v) is 76.2. The van der Waals surface area contributed by atoms with Crippen LogP contribution in [0.2, 0.25) is 157 Å². The van der Waals surface area contributed by atoms with Gasteiger partial charge in [0.2, 0.25) is 0 Å². The molecule has 0 fully saturated rings. The molecule has 0 bridgehead atoms. The van der Waals surface area contributed by atoms with Crippen molar-refractivity contribution in [2.45, 2.75) is 157 Å². The van der Waals surface area contributed by atoms with E-state index in [2.05, 4.69) is 268 Å². The maximum Gasteiger partial charge on any atom is 0.147 e. The van der Waals surface area contributed by atoms with Crippen molar-refractivity contribution in [3.05, 3.63) is 97.1 Å². The van der Waals surface area contributed by atoms with Crippen LogP contribution in [-0.4, -0.2) is 77.9 Å². The molecule has 0 aromatic heterocycles. The Labute approximate surface area is 416 Å². The molecule has 0 aliphatic carbocycles. The fourth-order valence-corrected chi connectivity index (χ4v) is 27.9. The minimum absolute atomic E-state index is 1.60. The highest BCUT2D eigenvalue weighted by Crippen LogP contribution is 2.57. The summed E-state index contributed by atoms with van der Waals surface area (Å²) in [6, 6.07) is 42.9. The van der Waals surface area contributed by atoms with E-state index in [-0.39, 0.29) is 0 Å². The number of hydrogen-bond donors (Lipinski definition) is 0. The lowest BCUT2D eigenvalue weighted by Crippen LogP contribution is -2.53. The Balaban J connectivity index is 2.17. The molecule has 358 valence electrons. The van der Waals surface area contributed by atoms with Crippen LogP contribution in [0.3, 0.4) is 0 Å². The highest BCUT2D eigenvalue weighted by molar-refractivity contribution is 8.00. The summed E-state index contributed by atoms with van der Waals surface area (Å²) in [7, 11) is -18.3. The van der Waals surface area contributed by atoms with Gasteiger partial charge in [0, 0.05) is 0 Å². The molecule has 5 aromatic rings. The molecule has 0 saturated heterocycles. The molecule has 0 heterocycles. The van der Waals surface area contributed by atoms with Gasteiger partial charge in [-0.25, -0.2) is 0 Å². The van der Waals surface area contributed by atoms with Gasteiger partial charge in [0.15, 0.2) is 0 Å². The Morgan fingerprint density at radius 2 is 0.364 bits per heavy atom. The molecule has 0 saturated carbocycles. The third kappa shape index (κ3) is 11.9. The monoisotopic (exact) mass is 1050 g/mol. The first-order valence-electron chi connectivity index (χ1n) is 25.0. The largest absolute Gasteiger partial charge is 0.147 e. The summed E-state index contributed by atoms with van der Waals surface area (Å²) in [6.45, 7) is 67.3. The molecule has 0 N–H and O–H groups in total. The second kappa shape index (κ2) is 18.4. The van der Waals surface area contributed by atoms with Gasteiger partial charge >= 0.3 is 0 Å². The molecular weight excluding hydrogens is 959 g/mol. The normalized spacial score (nSPS) is 14.2. The molecule has 0 amide bonds. The SMILES string of the molecule is C[Si](C)(C)c1cc([Si](C)(C)C)cc([P+](C)(c2cc([Si](C)(C)C)cc([Si](C)(C)C)c2)c2ccccc2[P+](C)(c2cc([Si](C)(C)C)cc([Si](C)(C)C)c2)c2cc([Si](C)(C)C)cc([Si](C)(C)C)c2)c1. The smallest absolute Gasteiger partial charge is 0.0656 e. The first-order chi connectivity index (χ1) is 29.5. The summed E-state index contributed by atoms with van der Waals surface area (Å²) in [5, 5.41) is 22.6. The maximum absolute atomic E-state index is 2.78. The molecule has 10 heteroatoms. The topological polar surface area (TPSA) is 0 Å². The van der Waals surface area contributed by atoms with Crippen LogP contribution in [0.5, 0.6) is 0 Å². The van der Waals surface area contributed by atoms with Gasteiger partial charge in [-0.05, 0) is 60.7 Å². The minimum Gasteiger partial charge on any atom is -0.0656 e. The molecule has 0 nitrogen and oxygen atoms in total. The first kappa shape index (κ1) is 55.6. The fraction of sp³-hybridized carbons (Fsp3) is 0.464. The van der Waals surface area contributed by atoms with Crippen LogP contribution in [-0.2, 0) is 0 Å². The zero-order valence-corrected chi connectivity index (χ0v) is 56.9. The minimum atomic E-state index is -2.31. The van der Waals surface area contributed by atoms with E-state index in [1.165, 1.54) is 0 Å². The lowest BCUT2D eigenvalue weighted by molar-refractivity contribution is 1.67. The van der Waals surface area contributed by atoms with Crippen molar-refractivity contribution in [1.82, 2.24) is 0 Å². The van der Waals surface area contributed by atoms with Crippen LogP contribution in [0.15, 0.2) is 97.1 Å². The molecule has 0 spiro atoms. The average molecular weight is 1050 g/mol. The quantitative estimate of drug-likeness (QED) is 0.0769. The van der Waals surface area contributed by atoms with Crippen LogP contribution < -0.4 is 73.3 Å². The van der Waals surface area contributed by atoms with Gasteiger partial charge in [0.25, 0.3) is 0 Å². The fourth-order valence-electron chi connectivity index (χ4n) is 9.02. The van der Waals surface area contributed by atoms with E-state index in [0.717, 1.165) is 0 Å². The van der Waals surface area contributed by atoms with Crippen molar-refractivity contribution in [2.75, 3.05) is 13.3 Å². The third-order valence-electron chi connectivity index (χ3n) is 14.5. The summed E-state index contributed by atoms with van der Waals surface area (Å²) in [5.41, 5.74) is 0. The van der Waals surface area contributed by atoms with Crippen molar-refractivity contribution in [3.63, 3.8) is 0 Å². The molecule has 66 heavy (non-hydrogen) atoms. The summed E-state index contributed by atoms with van der Waals surface area (Å²) in [6.07, 6.45) is 0. The van der Waals surface area contributed by atoms with Crippen molar-refractivity contribution < 1.29 is 0 Å². The van der Waals surface area contributed by atoms with Gasteiger partial charge in [0.1, 0.15) is 46.4 Å². The van der Waals surface area contributed by atoms with E-state index in [1.54, 1.807) is 73.3 Å². The number of hydrogen-bond acceptors (Lipinski definition) is 0. The number of benzene rings is 5. The van der Waals surface area contributed by atoms with Crippen LogP contribution in [0.4, 0.5) is 0 Å². The van der Waals surface area contributed by atoms with Gasteiger partial charge in [0.05, 0.1) is 77.9 Å². The lowest BCUT2D eigenvalue weighted by atomic mass is 10.3. The summed E-state index contributed by atoms with van der Waals surface area (Å²) in [4.78, 5) is 0. The Hall–Kier alpha value is -1.30. The predicted molar refractivity (Wildman–Crippen MR) is 340 cm³/mol. The molecule has 0 atom stereocenters. The zero-order valence-electron chi connectivity index (χ0n) is 47.1. The number of rotatable bonds is 14. The summed E-state index contributed by atoms with van der Waals surface area (Å²) < 4.78 is 0. The van der Waals surface area contributed by atoms with Crippen molar-refractivity contribution in [2.24, 2.45) is 0 Å². The van der Waals surface area contributed by atoms with Crippen LogP contribution in [0.25, 0.3) is 0 Å². The van der Waals surface area contributed by atoms with Gasteiger partial charge in [-0.2, -0.15) is 0 Å². The molecule has 0 aliphatic heterocycles. The molecule has 0 unspecified atom stereocenters. The van der Waals surface area contributed by atoms with Crippen LogP contribution in [0, 0.1) is 0 Å². The second-order valence-electron chi connectivity index (χ2n) is 28.6. The van der Waals surface area contributed by atoms with Crippen molar-refractivity contribution >= 4 is 152 Å². The van der Waals surface area contributed by atoms with Gasteiger partial charge in [-0.15, -0.1) is 0 Å². The molecule has 5 aromatic carbocycles. The summed E-state index contributed by atoms with van der Waals surface area (Å²) >= 11 is 0. The van der Waals surface area contributed by atoms with E-state index in [1.807, 2.05) is 0 Å². The molecular formula is C56H94P2Si8+2.